The summed E-state index contributed by atoms with van der Waals surface area (Å²) >= 11 is 20.3. The average molecular weight is 644 g/mol. The molecular weight excluding hydrogens is 619 g/mol. The summed E-state index contributed by atoms with van der Waals surface area (Å²) in [5, 5.41) is 4.35. The molecular formula is C35H25Cl3N2O2S. The highest BCUT2D eigenvalue weighted by Crippen LogP contribution is 2.41. The number of thioether (sulfide) groups is 1. The molecule has 4 nitrogen and oxygen atoms in total. The van der Waals surface area contributed by atoms with Crippen LogP contribution in [0.1, 0.15) is 22.3 Å². The minimum Gasteiger partial charge on any atom is -0.488 e. The molecule has 214 valence electrons. The summed E-state index contributed by atoms with van der Waals surface area (Å²) in [6.45, 7) is 4.21. The summed E-state index contributed by atoms with van der Waals surface area (Å²) in [7, 11) is 0. The van der Waals surface area contributed by atoms with Crippen LogP contribution in [0.5, 0.6) is 5.75 Å². The summed E-state index contributed by atoms with van der Waals surface area (Å²) < 4.78 is 6.32. The second-order valence-corrected chi connectivity index (χ2v) is 12.4. The maximum Gasteiger partial charge on any atom is 0.271 e. The number of aliphatic imine (C=N–C) groups is 1. The van der Waals surface area contributed by atoms with E-state index >= 15 is 0 Å². The van der Waals surface area contributed by atoms with Crippen LogP contribution >= 0.6 is 46.6 Å². The Hall–Kier alpha value is -3.74. The van der Waals surface area contributed by atoms with Gasteiger partial charge in [0.1, 0.15) is 12.4 Å². The molecule has 0 aromatic heterocycles. The molecule has 1 fully saturated rings. The molecule has 0 spiro atoms. The van der Waals surface area contributed by atoms with Gasteiger partial charge in [0.05, 0.1) is 16.3 Å². The lowest BCUT2D eigenvalue weighted by Crippen LogP contribution is -2.28. The molecule has 0 unspecified atom stereocenters. The van der Waals surface area contributed by atoms with E-state index in [-0.39, 0.29) is 5.91 Å². The van der Waals surface area contributed by atoms with Gasteiger partial charge in [-0.1, -0.05) is 89.4 Å². The summed E-state index contributed by atoms with van der Waals surface area (Å²) in [5.74, 6) is 0.452. The number of amides is 1. The Kier molecular flexibility index (Phi) is 8.51. The van der Waals surface area contributed by atoms with E-state index in [2.05, 4.69) is 0 Å². The van der Waals surface area contributed by atoms with E-state index < -0.39 is 0 Å². The van der Waals surface area contributed by atoms with E-state index in [1.165, 1.54) is 11.8 Å². The minimum atomic E-state index is -0.210. The SMILES string of the molecule is Cc1ccc(N=C2S/C(=C/c3c(OCc4ccc(Cl)cc4)ccc4ccccc34)C(=O)N2c2ccc(C)c(Cl)c2)cc1Cl. The number of hydrogen-bond donors (Lipinski definition) is 0. The second-order valence-electron chi connectivity index (χ2n) is 10.1. The number of carbonyl (C=O) groups excluding carboxylic acids is 1. The number of rotatable bonds is 6. The Morgan fingerprint density at radius 1 is 0.837 bits per heavy atom. The molecule has 1 aliphatic rings. The molecule has 0 saturated carbocycles. The standard InChI is InChI=1S/C35H25Cl3N2O2S/c1-21-7-14-26(17-30(21)37)39-35-40(27-15-8-22(2)31(38)18-27)34(41)33(43-35)19-29-28-6-4-3-5-24(28)11-16-32(29)42-20-23-9-12-25(36)13-10-23/h3-19H,20H2,1-2H3/b33-19+,39-35?. The van der Waals surface area contributed by atoms with Crippen molar-refractivity contribution in [3.63, 3.8) is 0 Å². The Morgan fingerprint density at radius 3 is 2.30 bits per heavy atom. The van der Waals surface area contributed by atoms with Gasteiger partial charge in [0.15, 0.2) is 5.17 Å². The van der Waals surface area contributed by atoms with Crippen LogP contribution in [0, 0.1) is 13.8 Å². The Morgan fingerprint density at radius 2 is 1.56 bits per heavy atom. The first kappa shape index (κ1) is 29.3. The monoisotopic (exact) mass is 642 g/mol. The number of aryl methyl sites for hydroxylation is 2. The molecule has 43 heavy (non-hydrogen) atoms. The molecule has 1 saturated heterocycles. The molecule has 5 aromatic carbocycles. The van der Waals surface area contributed by atoms with E-state index in [1.54, 1.807) is 17.0 Å². The number of hydrogen-bond acceptors (Lipinski definition) is 4. The first-order valence-electron chi connectivity index (χ1n) is 13.5. The highest BCUT2D eigenvalue weighted by Gasteiger charge is 2.35. The fourth-order valence-electron chi connectivity index (χ4n) is 4.68. The van der Waals surface area contributed by atoms with Crippen LogP contribution in [-0.2, 0) is 11.4 Å². The predicted octanol–water partition coefficient (Wildman–Crippen LogP) is 10.8. The van der Waals surface area contributed by atoms with Crippen molar-refractivity contribution in [2.45, 2.75) is 20.5 Å². The summed E-state index contributed by atoms with van der Waals surface area (Å²) in [5.41, 5.74) is 4.94. The van der Waals surface area contributed by atoms with Gasteiger partial charge in [0.25, 0.3) is 5.91 Å². The zero-order valence-electron chi connectivity index (χ0n) is 23.3. The molecule has 6 rings (SSSR count). The summed E-state index contributed by atoms with van der Waals surface area (Å²) in [6, 6.07) is 30.7. The zero-order valence-corrected chi connectivity index (χ0v) is 26.4. The van der Waals surface area contributed by atoms with Crippen molar-refractivity contribution in [2.75, 3.05) is 4.90 Å². The highest BCUT2D eigenvalue weighted by atomic mass is 35.5. The van der Waals surface area contributed by atoms with Crippen molar-refractivity contribution >= 4 is 85.9 Å². The highest BCUT2D eigenvalue weighted by molar-refractivity contribution is 8.19. The summed E-state index contributed by atoms with van der Waals surface area (Å²) in [6.07, 6.45) is 1.89. The van der Waals surface area contributed by atoms with Gasteiger partial charge in [0.2, 0.25) is 0 Å². The quantitative estimate of drug-likeness (QED) is 0.173. The minimum absolute atomic E-state index is 0.210. The van der Waals surface area contributed by atoms with Crippen molar-refractivity contribution in [2.24, 2.45) is 4.99 Å². The van der Waals surface area contributed by atoms with Gasteiger partial charge in [-0.2, -0.15) is 0 Å². The molecule has 1 aliphatic heterocycles. The van der Waals surface area contributed by atoms with Crippen LogP contribution in [0.3, 0.4) is 0 Å². The maximum absolute atomic E-state index is 14.1. The number of ether oxygens (including phenoxy) is 1. The van der Waals surface area contributed by atoms with Crippen molar-refractivity contribution in [3.05, 3.63) is 139 Å². The Labute approximate surface area is 269 Å². The third-order valence-electron chi connectivity index (χ3n) is 7.11. The Bertz CT molecular complexity index is 1940. The number of carbonyl (C=O) groups is 1. The number of amidine groups is 1. The van der Waals surface area contributed by atoms with E-state index in [1.807, 2.05) is 105 Å². The normalized spacial score (nSPS) is 15.2. The van der Waals surface area contributed by atoms with E-state index in [0.29, 0.717) is 48.9 Å². The molecule has 1 amide bonds. The molecule has 0 aliphatic carbocycles. The fourth-order valence-corrected chi connectivity index (χ4v) is 6.14. The maximum atomic E-state index is 14.1. The topological polar surface area (TPSA) is 41.9 Å². The fraction of sp³-hybridized carbons (Fsp3) is 0.0857. The molecule has 0 atom stereocenters. The molecule has 0 bridgehead atoms. The van der Waals surface area contributed by atoms with E-state index in [4.69, 9.17) is 44.5 Å². The molecule has 0 radical (unpaired) electrons. The number of fused-ring (bicyclic) bond motifs is 1. The number of nitrogens with zero attached hydrogens (tertiary/aromatic N) is 2. The van der Waals surface area contributed by atoms with Crippen molar-refractivity contribution in [3.8, 4) is 5.75 Å². The van der Waals surface area contributed by atoms with Crippen molar-refractivity contribution in [1.82, 2.24) is 0 Å². The number of halogens is 3. The van der Waals surface area contributed by atoms with Crippen LogP contribution in [-0.4, -0.2) is 11.1 Å². The third kappa shape index (κ3) is 6.31. The first-order chi connectivity index (χ1) is 20.8. The first-order valence-corrected chi connectivity index (χ1v) is 15.5. The Balaban J connectivity index is 1.45. The van der Waals surface area contributed by atoms with E-state index in [0.717, 1.165) is 33.0 Å². The summed E-state index contributed by atoms with van der Waals surface area (Å²) in [4.78, 5) is 21.1. The predicted molar refractivity (Wildman–Crippen MR) is 182 cm³/mol. The van der Waals surface area contributed by atoms with E-state index in [9.17, 15) is 4.79 Å². The lowest BCUT2D eigenvalue weighted by molar-refractivity contribution is -0.113. The molecule has 0 N–H and O–H groups in total. The number of benzene rings is 5. The van der Waals surface area contributed by atoms with Gasteiger partial charge in [-0.3, -0.25) is 9.69 Å². The smallest absolute Gasteiger partial charge is 0.271 e. The molecule has 8 heteroatoms. The number of anilines is 1. The van der Waals surface area contributed by atoms with Crippen LogP contribution in [0.25, 0.3) is 16.8 Å². The van der Waals surface area contributed by atoms with Crippen LogP contribution in [0.2, 0.25) is 15.1 Å². The average Bonchev–Trinajstić information content (AvgIpc) is 3.30. The second kappa shape index (κ2) is 12.5. The zero-order chi connectivity index (χ0) is 30.1. The van der Waals surface area contributed by atoms with Gasteiger partial charge in [-0.15, -0.1) is 0 Å². The van der Waals surface area contributed by atoms with Crippen molar-refractivity contribution < 1.29 is 9.53 Å². The van der Waals surface area contributed by atoms with Gasteiger partial charge in [-0.25, -0.2) is 4.99 Å². The van der Waals surface area contributed by atoms with Gasteiger partial charge < -0.3 is 4.74 Å². The van der Waals surface area contributed by atoms with Gasteiger partial charge >= 0.3 is 0 Å². The van der Waals surface area contributed by atoms with Gasteiger partial charge in [0, 0.05) is 20.6 Å². The molecule has 1 heterocycles. The molecule has 5 aromatic rings. The third-order valence-corrected chi connectivity index (χ3v) is 9.15. The van der Waals surface area contributed by atoms with Crippen LogP contribution in [0.4, 0.5) is 11.4 Å². The van der Waals surface area contributed by atoms with Crippen LogP contribution < -0.4 is 9.64 Å². The van der Waals surface area contributed by atoms with Gasteiger partial charge in [-0.05, 0) is 102 Å². The largest absolute Gasteiger partial charge is 0.488 e. The lowest BCUT2D eigenvalue weighted by atomic mass is 10.0. The van der Waals surface area contributed by atoms with Crippen molar-refractivity contribution in [1.29, 1.82) is 0 Å². The lowest BCUT2D eigenvalue weighted by Gasteiger charge is -2.17. The van der Waals surface area contributed by atoms with Crippen LogP contribution in [0.15, 0.2) is 107 Å².